The van der Waals surface area contributed by atoms with E-state index in [-0.39, 0.29) is 11.9 Å². The Morgan fingerprint density at radius 1 is 1.38 bits per heavy atom. The molecule has 0 radical (unpaired) electrons. The maximum Gasteiger partial charge on any atom is 0.310 e. The van der Waals surface area contributed by atoms with Gasteiger partial charge in [0.25, 0.3) is 0 Å². The zero-order chi connectivity index (χ0) is 15.7. The van der Waals surface area contributed by atoms with Crippen LogP contribution in [0.5, 0.6) is 0 Å². The molecule has 1 aromatic carbocycles. The molecule has 21 heavy (non-hydrogen) atoms. The molecular formula is C17H26N2O2. The van der Waals surface area contributed by atoms with Gasteiger partial charge in [-0.15, -0.1) is 0 Å². The van der Waals surface area contributed by atoms with E-state index in [0.29, 0.717) is 13.0 Å². The van der Waals surface area contributed by atoms with Crippen molar-refractivity contribution in [3.8, 4) is 0 Å². The molecule has 116 valence electrons. The predicted octanol–water partition coefficient (Wildman–Crippen LogP) is 2.53. The Balaban J connectivity index is 2.03. The van der Waals surface area contributed by atoms with Gasteiger partial charge in [0, 0.05) is 13.1 Å². The SMILES string of the molecule is CC(C)(C)OC(=O)[C@@H]1CN(Cc2ccccc2)[C@](C)(N)C1. The highest BCUT2D eigenvalue weighted by molar-refractivity contribution is 5.73. The molecule has 0 aromatic heterocycles. The fourth-order valence-corrected chi connectivity index (χ4v) is 2.76. The molecule has 0 saturated carbocycles. The van der Waals surface area contributed by atoms with E-state index in [4.69, 9.17) is 10.5 Å². The van der Waals surface area contributed by atoms with Crippen molar-refractivity contribution in [2.45, 2.75) is 51.9 Å². The van der Waals surface area contributed by atoms with Crippen LogP contribution in [0, 0.1) is 5.92 Å². The average molecular weight is 290 g/mol. The van der Waals surface area contributed by atoms with Crippen molar-refractivity contribution in [1.29, 1.82) is 0 Å². The van der Waals surface area contributed by atoms with Crippen LogP contribution in [-0.2, 0) is 16.1 Å². The van der Waals surface area contributed by atoms with Gasteiger partial charge in [0.1, 0.15) is 5.60 Å². The third kappa shape index (κ3) is 4.29. The lowest BCUT2D eigenvalue weighted by molar-refractivity contribution is -0.159. The highest BCUT2D eigenvalue weighted by Gasteiger charge is 2.43. The number of ether oxygens (including phenoxy) is 1. The van der Waals surface area contributed by atoms with Gasteiger partial charge in [-0.3, -0.25) is 9.69 Å². The average Bonchev–Trinajstić information content (AvgIpc) is 2.64. The summed E-state index contributed by atoms with van der Waals surface area (Å²) in [5.41, 5.74) is 6.66. The molecule has 4 nitrogen and oxygen atoms in total. The van der Waals surface area contributed by atoms with Crippen molar-refractivity contribution in [1.82, 2.24) is 4.90 Å². The monoisotopic (exact) mass is 290 g/mol. The third-order valence-corrected chi connectivity index (χ3v) is 3.78. The Bertz CT molecular complexity index is 491. The number of hydrogen-bond acceptors (Lipinski definition) is 4. The fourth-order valence-electron chi connectivity index (χ4n) is 2.76. The molecule has 1 aromatic rings. The van der Waals surface area contributed by atoms with Crippen molar-refractivity contribution >= 4 is 5.97 Å². The molecule has 0 bridgehead atoms. The molecule has 0 unspecified atom stereocenters. The van der Waals surface area contributed by atoms with Crippen molar-refractivity contribution in [2.75, 3.05) is 6.54 Å². The number of nitrogens with zero attached hydrogens (tertiary/aromatic N) is 1. The van der Waals surface area contributed by atoms with Gasteiger partial charge in [-0.05, 0) is 39.7 Å². The Kier molecular flexibility index (Phi) is 4.40. The smallest absolute Gasteiger partial charge is 0.310 e. The minimum absolute atomic E-state index is 0.144. The number of nitrogens with two attached hydrogens (primary N) is 1. The number of carbonyl (C=O) groups excluding carboxylic acids is 1. The topological polar surface area (TPSA) is 55.6 Å². The highest BCUT2D eigenvalue weighted by Crippen LogP contribution is 2.32. The molecular weight excluding hydrogens is 264 g/mol. The van der Waals surface area contributed by atoms with Gasteiger partial charge < -0.3 is 10.5 Å². The summed E-state index contributed by atoms with van der Waals surface area (Å²) in [6.07, 6.45) is 0.634. The van der Waals surface area contributed by atoms with Crippen LogP contribution in [0.2, 0.25) is 0 Å². The first kappa shape index (κ1) is 16.0. The highest BCUT2D eigenvalue weighted by atomic mass is 16.6. The molecule has 1 aliphatic heterocycles. The minimum atomic E-state index is -0.475. The van der Waals surface area contributed by atoms with Crippen molar-refractivity contribution in [2.24, 2.45) is 11.7 Å². The number of likely N-dealkylation sites (tertiary alicyclic amines) is 1. The fraction of sp³-hybridized carbons (Fsp3) is 0.588. The summed E-state index contributed by atoms with van der Waals surface area (Å²) < 4.78 is 5.49. The molecule has 2 atom stereocenters. The van der Waals surface area contributed by atoms with Crippen LogP contribution >= 0.6 is 0 Å². The molecule has 0 amide bonds. The zero-order valence-corrected chi connectivity index (χ0v) is 13.4. The van der Waals surface area contributed by atoms with Gasteiger partial charge >= 0.3 is 5.97 Å². The van der Waals surface area contributed by atoms with E-state index in [0.717, 1.165) is 6.54 Å². The summed E-state index contributed by atoms with van der Waals surface area (Å²) in [6.45, 7) is 9.07. The molecule has 2 rings (SSSR count). The van der Waals surface area contributed by atoms with E-state index >= 15 is 0 Å². The standard InChI is InChI=1S/C17H26N2O2/c1-16(2,3)21-15(20)14-10-17(4,18)19(12-14)11-13-8-6-5-7-9-13/h5-9,14H,10-12,18H2,1-4H3/t14-,17-/m0/s1. The van der Waals surface area contributed by atoms with E-state index in [1.807, 2.05) is 45.9 Å². The summed E-state index contributed by atoms with van der Waals surface area (Å²) in [4.78, 5) is 14.4. The Morgan fingerprint density at radius 2 is 2.00 bits per heavy atom. The first-order valence-electron chi connectivity index (χ1n) is 7.48. The first-order valence-corrected chi connectivity index (χ1v) is 7.48. The van der Waals surface area contributed by atoms with E-state index in [1.165, 1.54) is 5.56 Å². The first-order chi connectivity index (χ1) is 9.67. The van der Waals surface area contributed by atoms with Gasteiger partial charge in [-0.2, -0.15) is 0 Å². The van der Waals surface area contributed by atoms with Crippen molar-refractivity contribution < 1.29 is 9.53 Å². The number of esters is 1. The van der Waals surface area contributed by atoms with Crippen LogP contribution in [0.1, 0.15) is 39.7 Å². The maximum absolute atomic E-state index is 12.2. The normalized spacial score (nSPS) is 26.8. The Labute approximate surface area is 127 Å². The van der Waals surface area contributed by atoms with Gasteiger partial charge in [0.15, 0.2) is 0 Å². The summed E-state index contributed by atoms with van der Waals surface area (Å²) in [5.74, 6) is -0.294. The van der Waals surface area contributed by atoms with E-state index in [2.05, 4.69) is 17.0 Å². The maximum atomic E-state index is 12.2. The van der Waals surface area contributed by atoms with Crippen LogP contribution in [0.4, 0.5) is 0 Å². The molecule has 1 heterocycles. The summed E-state index contributed by atoms with van der Waals surface area (Å²) in [5, 5.41) is 0. The second-order valence-electron chi connectivity index (χ2n) is 7.16. The van der Waals surface area contributed by atoms with Crippen LogP contribution in [0.25, 0.3) is 0 Å². The van der Waals surface area contributed by atoms with E-state index in [9.17, 15) is 4.79 Å². The third-order valence-electron chi connectivity index (χ3n) is 3.78. The quantitative estimate of drug-likeness (QED) is 0.869. The second kappa shape index (κ2) is 5.78. The zero-order valence-electron chi connectivity index (χ0n) is 13.4. The van der Waals surface area contributed by atoms with Gasteiger partial charge in [0.2, 0.25) is 0 Å². The summed E-state index contributed by atoms with van der Waals surface area (Å²) >= 11 is 0. The number of rotatable bonds is 3. The Morgan fingerprint density at radius 3 is 2.57 bits per heavy atom. The molecule has 1 saturated heterocycles. The van der Waals surface area contributed by atoms with Crippen LogP contribution < -0.4 is 5.73 Å². The van der Waals surface area contributed by atoms with Gasteiger partial charge in [0.05, 0.1) is 11.6 Å². The lowest BCUT2D eigenvalue weighted by atomic mass is 10.0. The lowest BCUT2D eigenvalue weighted by Crippen LogP contribution is -2.48. The molecule has 2 N–H and O–H groups in total. The summed E-state index contributed by atoms with van der Waals surface area (Å²) in [7, 11) is 0. The largest absolute Gasteiger partial charge is 0.460 e. The molecule has 0 aliphatic carbocycles. The van der Waals surface area contributed by atoms with Crippen LogP contribution in [0.15, 0.2) is 30.3 Å². The lowest BCUT2D eigenvalue weighted by Gasteiger charge is -2.31. The number of carbonyl (C=O) groups is 1. The van der Waals surface area contributed by atoms with Crippen molar-refractivity contribution in [3.63, 3.8) is 0 Å². The van der Waals surface area contributed by atoms with Crippen molar-refractivity contribution in [3.05, 3.63) is 35.9 Å². The second-order valence-corrected chi connectivity index (χ2v) is 7.16. The van der Waals surface area contributed by atoms with Gasteiger partial charge in [-0.1, -0.05) is 30.3 Å². The van der Waals surface area contributed by atoms with E-state index < -0.39 is 11.3 Å². The van der Waals surface area contributed by atoms with Gasteiger partial charge in [-0.25, -0.2) is 0 Å². The van der Waals surface area contributed by atoms with E-state index in [1.54, 1.807) is 0 Å². The molecule has 1 fully saturated rings. The van der Waals surface area contributed by atoms with Crippen LogP contribution in [0.3, 0.4) is 0 Å². The number of hydrogen-bond donors (Lipinski definition) is 1. The minimum Gasteiger partial charge on any atom is -0.460 e. The molecule has 0 spiro atoms. The predicted molar refractivity (Wildman–Crippen MR) is 83.4 cm³/mol. The summed E-state index contributed by atoms with van der Waals surface area (Å²) in [6, 6.07) is 10.2. The number of benzene rings is 1. The Hall–Kier alpha value is -1.39. The molecule has 1 aliphatic rings. The molecule has 4 heteroatoms. The van der Waals surface area contributed by atoms with Crippen LogP contribution in [-0.4, -0.2) is 28.7 Å².